The van der Waals surface area contributed by atoms with E-state index < -0.39 is 10.0 Å². The highest BCUT2D eigenvalue weighted by Crippen LogP contribution is 2.30. The SMILES string of the molecule is C.COc1ccc(S(=O)(=O)Nc2n[nH]c(-c3ccccc3)n2)cc1OC. The molecule has 1 aromatic heterocycles. The highest BCUT2D eigenvalue weighted by atomic mass is 32.2. The molecule has 0 saturated carbocycles. The zero-order chi connectivity index (χ0) is 17.9. The molecular formula is C17H20N4O4S. The summed E-state index contributed by atoms with van der Waals surface area (Å²) in [4.78, 5) is 4.16. The minimum atomic E-state index is -3.87. The Kier molecular flexibility index (Phi) is 5.83. The number of rotatable bonds is 6. The molecule has 8 nitrogen and oxygen atoms in total. The molecule has 0 fully saturated rings. The van der Waals surface area contributed by atoms with Crippen LogP contribution in [0.4, 0.5) is 5.95 Å². The van der Waals surface area contributed by atoms with E-state index in [1.807, 2.05) is 30.3 Å². The molecule has 2 N–H and O–H groups in total. The number of aromatic nitrogens is 3. The average Bonchev–Trinajstić information content (AvgIpc) is 3.09. The van der Waals surface area contributed by atoms with Crippen LogP contribution in [-0.2, 0) is 10.0 Å². The molecule has 0 amide bonds. The molecule has 0 spiro atoms. The lowest BCUT2D eigenvalue weighted by Crippen LogP contribution is -2.14. The van der Waals surface area contributed by atoms with Gasteiger partial charge in [0.1, 0.15) is 0 Å². The van der Waals surface area contributed by atoms with Gasteiger partial charge in [0, 0.05) is 11.6 Å². The van der Waals surface area contributed by atoms with Crippen LogP contribution in [0.15, 0.2) is 53.4 Å². The van der Waals surface area contributed by atoms with Crippen LogP contribution in [0, 0.1) is 0 Å². The summed E-state index contributed by atoms with van der Waals surface area (Å²) in [5, 5.41) is 6.60. The third-order valence-corrected chi connectivity index (χ3v) is 4.75. The Bertz CT molecular complexity index is 971. The van der Waals surface area contributed by atoms with Crippen LogP contribution < -0.4 is 14.2 Å². The summed E-state index contributed by atoms with van der Waals surface area (Å²) >= 11 is 0. The predicted octanol–water partition coefficient (Wildman–Crippen LogP) is 2.93. The predicted molar refractivity (Wildman–Crippen MR) is 98.9 cm³/mol. The van der Waals surface area contributed by atoms with Crippen molar-refractivity contribution in [1.29, 1.82) is 0 Å². The fourth-order valence-corrected chi connectivity index (χ4v) is 3.15. The Morgan fingerprint density at radius 3 is 2.35 bits per heavy atom. The molecule has 0 aliphatic heterocycles. The topological polar surface area (TPSA) is 106 Å². The minimum absolute atomic E-state index is 0. The Labute approximate surface area is 152 Å². The van der Waals surface area contributed by atoms with E-state index in [-0.39, 0.29) is 18.3 Å². The molecule has 0 unspecified atom stereocenters. The quantitative estimate of drug-likeness (QED) is 0.685. The minimum Gasteiger partial charge on any atom is -0.493 e. The fourth-order valence-electron chi connectivity index (χ4n) is 2.20. The summed E-state index contributed by atoms with van der Waals surface area (Å²) in [6, 6.07) is 13.6. The van der Waals surface area contributed by atoms with E-state index in [4.69, 9.17) is 9.47 Å². The van der Waals surface area contributed by atoms with Crippen molar-refractivity contribution in [3.05, 3.63) is 48.5 Å². The molecule has 1 heterocycles. The maximum atomic E-state index is 12.5. The van der Waals surface area contributed by atoms with E-state index in [1.165, 1.54) is 32.4 Å². The van der Waals surface area contributed by atoms with Gasteiger partial charge in [0.2, 0.25) is 0 Å². The summed E-state index contributed by atoms with van der Waals surface area (Å²) in [6.07, 6.45) is 0. The molecule has 0 bridgehead atoms. The number of hydrogen-bond acceptors (Lipinski definition) is 6. The number of nitrogens with one attached hydrogen (secondary N) is 2. The van der Waals surface area contributed by atoms with Crippen molar-refractivity contribution in [3.8, 4) is 22.9 Å². The standard InChI is InChI=1S/C16H16N4O4S.CH4/c1-23-13-9-8-12(10-14(13)24-2)25(21,22)20-16-17-15(18-19-16)11-6-4-3-5-7-11;/h3-10H,1-2H3,(H2,17,18,19,20);1H4. The van der Waals surface area contributed by atoms with Crippen molar-refractivity contribution in [2.75, 3.05) is 18.9 Å². The van der Waals surface area contributed by atoms with Gasteiger partial charge in [-0.25, -0.2) is 13.1 Å². The number of methoxy groups -OCH3 is 2. The van der Waals surface area contributed by atoms with Gasteiger partial charge in [-0.1, -0.05) is 37.8 Å². The van der Waals surface area contributed by atoms with E-state index in [9.17, 15) is 8.42 Å². The van der Waals surface area contributed by atoms with Crippen molar-refractivity contribution >= 4 is 16.0 Å². The number of benzene rings is 2. The van der Waals surface area contributed by atoms with E-state index in [1.54, 1.807) is 0 Å². The maximum absolute atomic E-state index is 12.5. The molecule has 0 radical (unpaired) electrons. The monoisotopic (exact) mass is 376 g/mol. The molecule has 3 aromatic rings. The first-order valence-corrected chi connectivity index (χ1v) is 8.74. The normalized spacial score (nSPS) is 10.7. The van der Waals surface area contributed by atoms with Crippen LogP contribution in [0.25, 0.3) is 11.4 Å². The molecule has 2 aromatic carbocycles. The number of anilines is 1. The number of ether oxygens (including phenoxy) is 2. The van der Waals surface area contributed by atoms with Crippen LogP contribution in [0.3, 0.4) is 0 Å². The van der Waals surface area contributed by atoms with Crippen LogP contribution >= 0.6 is 0 Å². The van der Waals surface area contributed by atoms with Crippen molar-refractivity contribution in [2.24, 2.45) is 0 Å². The number of sulfonamides is 1. The van der Waals surface area contributed by atoms with Crippen molar-refractivity contribution in [1.82, 2.24) is 15.2 Å². The number of hydrogen-bond donors (Lipinski definition) is 2. The molecule has 3 rings (SSSR count). The van der Waals surface area contributed by atoms with Gasteiger partial charge in [0.25, 0.3) is 16.0 Å². The van der Waals surface area contributed by atoms with Crippen LogP contribution in [0.5, 0.6) is 11.5 Å². The lowest BCUT2D eigenvalue weighted by atomic mass is 10.2. The third-order valence-electron chi connectivity index (χ3n) is 3.42. The second kappa shape index (κ2) is 7.87. The number of aromatic amines is 1. The molecule has 0 atom stereocenters. The van der Waals surface area contributed by atoms with E-state index in [0.717, 1.165) is 5.56 Å². The highest BCUT2D eigenvalue weighted by Gasteiger charge is 2.19. The molecule has 26 heavy (non-hydrogen) atoms. The largest absolute Gasteiger partial charge is 0.493 e. The zero-order valence-electron chi connectivity index (χ0n) is 13.6. The summed E-state index contributed by atoms with van der Waals surface area (Å²) < 4.78 is 37.6. The van der Waals surface area contributed by atoms with Crippen LogP contribution in [0.1, 0.15) is 7.43 Å². The van der Waals surface area contributed by atoms with Crippen molar-refractivity contribution in [3.63, 3.8) is 0 Å². The van der Waals surface area contributed by atoms with Gasteiger partial charge in [-0.05, 0) is 12.1 Å². The Hall–Kier alpha value is -3.07. The molecular weight excluding hydrogens is 356 g/mol. The van der Waals surface area contributed by atoms with E-state index in [0.29, 0.717) is 17.3 Å². The maximum Gasteiger partial charge on any atom is 0.264 e. The summed E-state index contributed by atoms with van der Waals surface area (Å²) in [5.74, 6) is 1.16. The fraction of sp³-hybridized carbons (Fsp3) is 0.176. The Morgan fingerprint density at radius 2 is 1.69 bits per heavy atom. The number of nitrogens with zero attached hydrogens (tertiary/aromatic N) is 2. The van der Waals surface area contributed by atoms with Gasteiger partial charge in [0.05, 0.1) is 19.1 Å². The lowest BCUT2D eigenvalue weighted by molar-refractivity contribution is 0.354. The first-order valence-electron chi connectivity index (χ1n) is 7.26. The summed E-state index contributed by atoms with van der Waals surface area (Å²) in [5.41, 5.74) is 0.798. The smallest absolute Gasteiger partial charge is 0.264 e. The van der Waals surface area contributed by atoms with Gasteiger partial charge in [-0.15, -0.1) is 5.10 Å². The average molecular weight is 376 g/mol. The highest BCUT2D eigenvalue weighted by molar-refractivity contribution is 7.92. The first-order chi connectivity index (χ1) is 12.0. The van der Waals surface area contributed by atoms with Gasteiger partial charge in [-0.3, -0.25) is 5.10 Å². The van der Waals surface area contributed by atoms with Crippen LogP contribution in [0.2, 0.25) is 0 Å². The van der Waals surface area contributed by atoms with E-state index in [2.05, 4.69) is 19.9 Å². The Balaban J connectivity index is 0.00000243. The van der Waals surface area contributed by atoms with Crippen molar-refractivity contribution in [2.45, 2.75) is 12.3 Å². The van der Waals surface area contributed by atoms with Gasteiger partial charge >= 0.3 is 0 Å². The van der Waals surface area contributed by atoms with Crippen molar-refractivity contribution < 1.29 is 17.9 Å². The molecule has 9 heteroatoms. The second-order valence-corrected chi connectivity index (χ2v) is 6.68. The van der Waals surface area contributed by atoms with E-state index >= 15 is 0 Å². The van der Waals surface area contributed by atoms with Gasteiger partial charge < -0.3 is 9.47 Å². The third kappa shape index (κ3) is 3.94. The lowest BCUT2D eigenvalue weighted by Gasteiger charge is -2.10. The molecule has 0 aliphatic carbocycles. The molecule has 138 valence electrons. The van der Waals surface area contributed by atoms with Gasteiger partial charge in [-0.2, -0.15) is 4.98 Å². The molecule has 0 aliphatic rings. The van der Waals surface area contributed by atoms with Gasteiger partial charge in [0.15, 0.2) is 17.3 Å². The molecule has 0 saturated heterocycles. The second-order valence-electron chi connectivity index (χ2n) is 5.00. The summed E-state index contributed by atoms with van der Waals surface area (Å²) in [7, 11) is -0.961. The summed E-state index contributed by atoms with van der Waals surface area (Å²) in [6.45, 7) is 0. The van der Waals surface area contributed by atoms with Crippen LogP contribution in [-0.4, -0.2) is 37.8 Å². The zero-order valence-corrected chi connectivity index (χ0v) is 14.4. The Morgan fingerprint density at radius 1 is 1.00 bits per heavy atom. The first kappa shape index (κ1) is 19.3. The number of H-pyrrole nitrogens is 1.